The lowest BCUT2D eigenvalue weighted by Crippen LogP contribution is -2.22. The summed E-state index contributed by atoms with van der Waals surface area (Å²) in [6, 6.07) is 4.14. The normalized spacial score (nSPS) is 24.0. The first-order valence-electron chi connectivity index (χ1n) is 8.95. The van der Waals surface area contributed by atoms with Crippen molar-refractivity contribution in [2.24, 2.45) is 5.92 Å². The summed E-state index contributed by atoms with van der Waals surface area (Å²) in [4.78, 5) is 27.9. The van der Waals surface area contributed by atoms with Crippen molar-refractivity contribution in [3.63, 3.8) is 0 Å². The summed E-state index contributed by atoms with van der Waals surface area (Å²) in [5.41, 5.74) is 5.24. The van der Waals surface area contributed by atoms with Crippen molar-refractivity contribution in [3.8, 4) is 0 Å². The van der Waals surface area contributed by atoms with E-state index in [-0.39, 0.29) is 17.5 Å². The Labute approximate surface area is 144 Å². The molecule has 1 saturated carbocycles. The zero-order valence-corrected chi connectivity index (χ0v) is 15.0. The number of ketones is 2. The number of nitrogens with zero attached hydrogens (tertiary/aromatic N) is 1. The maximum Gasteiger partial charge on any atom is 0.151 e. The van der Waals surface area contributed by atoms with E-state index >= 15 is 0 Å². The third-order valence-corrected chi connectivity index (χ3v) is 5.52. The van der Waals surface area contributed by atoms with E-state index in [4.69, 9.17) is 0 Å². The van der Waals surface area contributed by atoms with Gasteiger partial charge >= 0.3 is 0 Å². The summed E-state index contributed by atoms with van der Waals surface area (Å²) in [7, 11) is 0. The van der Waals surface area contributed by atoms with E-state index in [0.29, 0.717) is 12.8 Å². The van der Waals surface area contributed by atoms with Crippen LogP contribution in [0.25, 0.3) is 0 Å². The Morgan fingerprint density at radius 1 is 1.12 bits per heavy atom. The zero-order chi connectivity index (χ0) is 17.4. The third kappa shape index (κ3) is 3.04. The van der Waals surface area contributed by atoms with Crippen molar-refractivity contribution in [1.29, 1.82) is 0 Å². The Hall–Kier alpha value is -1.90. The maximum atomic E-state index is 13.0. The second-order valence-electron chi connectivity index (χ2n) is 7.48. The highest BCUT2D eigenvalue weighted by atomic mass is 16.2. The quantitative estimate of drug-likeness (QED) is 0.789. The lowest BCUT2D eigenvalue weighted by Gasteiger charge is -2.22. The molecule has 2 fully saturated rings. The molecule has 1 saturated heterocycles. The Morgan fingerprint density at radius 3 is 2.29 bits per heavy atom. The number of carbonyl (C=O) groups excluding carboxylic acids is 2. The average molecular weight is 325 g/mol. The van der Waals surface area contributed by atoms with Crippen molar-refractivity contribution in [3.05, 3.63) is 46.7 Å². The van der Waals surface area contributed by atoms with Gasteiger partial charge in [-0.05, 0) is 56.7 Å². The molecule has 3 nitrogen and oxygen atoms in total. The Balaban J connectivity index is 1.81. The van der Waals surface area contributed by atoms with Crippen LogP contribution in [0, 0.1) is 26.7 Å². The lowest BCUT2D eigenvalue weighted by molar-refractivity contribution is -0.124. The number of hydrogen-bond donors (Lipinski definition) is 0. The smallest absolute Gasteiger partial charge is 0.151 e. The summed E-state index contributed by atoms with van der Waals surface area (Å²) in [6.07, 6.45) is 3.38. The van der Waals surface area contributed by atoms with Crippen molar-refractivity contribution >= 4 is 11.6 Å². The van der Waals surface area contributed by atoms with Gasteiger partial charge < -0.3 is 4.90 Å². The van der Waals surface area contributed by atoms with Crippen LogP contribution in [0.1, 0.15) is 53.9 Å². The van der Waals surface area contributed by atoms with Crippen molar-refractivity contribution in [2.75, 3.05) is 13.1 Å². The molecule has 2 aliphatic rings. The highest BCUT2D eigenvalue weighted by molar-refractivity contribution is 6.15. The van der Waals surface area contributed by atoms with Gasteiger partial charge in [-0.15, -0.1) is 0 Å². The van der Waals surface area contributed by atoms with Crippen LogP contribution >= 0.6 is 0 Å². The topological polar surface area (TPSA) is 37.4 Å². The minimum absolute atomic E-state index is 0.0780. The first-order chi connectivity index (χ1) is 11.4. The van der Waals surface area contributed by atoms with Gasteiger partial charge in [0.05, 0.1) is 0 Å². The zero-order valence-electron chi connectivity index (χ0n) is 15.0. The van der Waals surface area contributed by atoms with Crippen molar-refractivity contribution in [2.45, 2.75) is 52.4 Å². The predicted molar refractivity (Wildman–Crippen MR) is 96.1 cm³/mol. The molecule has 0 amide bonds. The van der Waals surface area contributed by atoms with E-state index in [1.807, 2.05) is 20.8 Å². The molecule has 2 atom stereocenters. The number of rotatable bonds is 4. The van der Waals surface area contributed by atoms with E-state index in [1.54, 1.807) is 0 Å². The first kappa shape index (κ1) is 16.9. The molecule has 1 aliphatic carbocycles. The minimum atomic E-state index is -0.568. The van der Waals surface area contributed by atoms with E-state index < -0.39 is 5.92 Å². The molecule has 3 heteroatoms. The van der Waals surface area contributed by atoms with Gasteiger partial charge in [0, 0.05) is 31.1 Å². The fourth-order valence-electron chi connectivity index (χ4n) is 4.43. The first-order valence-corrected chi connectivity index (χ1v) is 8.95. The lowest BCUT2D eigenvalue weighted by atomic mass is 9.86. The van der Waals surface area contributed by atoms with Crippen LogP contribution in [0.15, 0.2) is 24.4 Å². The van der Waals surface area contributed by atoms with E-state index in [2.05, 4.69) is 23.6 Å². The number of allylic oxidation sites excluding steroid dienone is 1. The molecule has 128 valence electrons. The molecule has 24 heavy (non-hydrogen) atoms. The van der Waals surface area contributed by atoms with Crippen LogP contribution in [0.3, 0.4) is 0 Å². The molecule has 0 spiro atoms. The fourth-order valence-corrected chi connectivity index (χ4v) is 4.43. The largest absolute Gasteiger partial charge is 0.375 e. The molecular weight excluding hydrogens is 298 g/mol. The van der Waals surface area contributed by atoms with Gasteiger partial charge in [-0.25, -0.2) is 0 Å². The summed E-state index contributed by atoms with van der Waals surface area (Å²) in [5, 5.41) is 0. The van der Waals surface area contributed by atoms with Gasteiger partial charge in [0.2, 0.25) is 0 Å². The van der Waals surface area contributed by atoms with Crippen LogP contribution in [0.5, 0.6) is 0 Å². The molecule has 0 N–H and O–H groups in total. The average Bonchev–Trinajstić information content (AvgIpc) is 3.10. The SMILES string of the molecule is C=C(CC1CC(=O)C(c2c(C)cc(C)cc2C)C1=O)N1CCCC1. The van der Waals surface area contributed by atoms with Gasteiger partial charge in [-0.2, -0.15) is 0 Å². The predicted octanol–water partition coefficient (Wildman–Crippen LogP) is 3.85. The molecule has 0 aromatic heterocycles. The van der Waals surface area contributed by atoms with Crippen LogP contribution in [-0.4, -0.2) is 29.6 Å². The van der Waals surface area contributed by atoms with Crippen LogP contribution in [0.2, 0.25) is 0 Å². The molecule has 1 heterocycles. The van der Waals surface area contributed by atoms with Crippen LogP contribution < -0.4 is 0 Å². The van der Waals surface area contributed by atoms with Gasteiger partial charge in [-0.1, -0.05) is 24.3 Å². The fraction of sp³-hybridized carbons (Fsp3) is 0.524. The number of Topliss-reactive ketones (excluding diaryl/α,β-unsaturated/α-hetero) is 2. The minimum Gasteiger partial charge on any atom is -0.375 e. The van der Waals surface area contributed by atoms with E-state index in [0.717, 1.165) is 35.5 Å². The number of hydrogen-bond acceptors (Lipinski definition) is 3. The van der Waals surface area contributed by atoms with Crippen molar-refractivity contribution < 1.29 is 9.59 Å². The number of carbonyl (C=O) groups is 2. The van der Waals surface area contributed by atoms with E-state index in [9.17, 15) is 9.59 Å². The standard InChI is InChI=1S/C21H27NO2/c1-13-9-14(2)19(15(3)10-13)20-18(23)12-17(21(20)24)11-16(4)22-7-5-6-8-22/h9-10,17,20H,4-8,11-12H2,1-3H3. The summed E-state index contributed by atoms with van der Waals surface area (Å²) < 4.78 is 0. The molecule has 2 unspecified atom stereocenters. The summed E-state index contributed by atoms with van der Waals surface area (Å²) >= 11 is 0. The Morgan fingerprint density at radius 2 is 1.71 bits per heavy atom. The molecule has 0 radical (unpaired) electrons. The summed E-state index contributed by atoms with van der Waals surface area (Å²) in [6.45, 7) is 12.3. The molecule has 1 aromatic carbocycles. The molecule has 1 aliphatic heterocycles. The third-order valence-electron chi connectivity index (χ3n) is 5.52. The van der Waals surface area contributed by atoms with E-state index in [1.165, 1.54) is 18.4 Å². The van der Waals surface area contributed by atoms with Gasteiger partial charge in [-0.3, -0.25) is 9.59 Å². The molecule has 0 bridgehead atoms. The van der Waals surface area contributed by atoms with Crippen LogP contribution in [-0.2, 0) is 9.59 Å². The van der Waals surface area contributed by atoms with Crippen LogP contribution in [0.4, 0.5) is 0 Å². The van der Waals surface area contributed by atoms with Crippen molar-refractivity contribution in [1.82, 2.24) is 4.90 Å². The molecule has 1 aromatic rings. The molecule has 3 rings (SSSR count). The second-order valence-corrected chi connectivity index (χ2v) is 7.48. The number of likely N-dealkylation sites (tertiary alicyclic amines) is 1. The maximum absolute atomic E-state index is 13.0. The summed E-state index contributed by atoms with van der Waals surface area (Å²) in [5.74, 6) is -0.595. The molecular formula is C21H27NO2. The van der Waals surface area contributed by atoms with Gasteiger partial charge in [0.1, 0.15) is 11.7 Å². The number of benzene rings is 1. The highest BCUT2D eigenvalue weighted by Gasteiger charge is 2.43. The number of aryl methyl sites for hydroxylation is 3. The Kier molecular flexibility index (Phi) is 4.62. The van der Waals surface area contributed by atoms with Gasteiger partial charge in [0.25, 0.3) is 0 Å². The monoisotopic (exact) mass is 325 g/mol. The van der Waals surface area contributed by atoms with Gasteiger partial charge in [0.15, 0.2) is 5.78 Å². The Bertz CT molecular complexity index is 675. The second kappa shape index (κ2) is 6.54. The highest BCUT2D eigenvalue weighted by Crippen LogP contribution is 2.38.